The standard InChI is InChI=1S/C33H52O10/c1-36-28-18-16-27(17-19-28)24-37-25-29(43-31(35)13-5-3-9-21-39-33-15-7-11-23-41-33)26-42-30(34)12-4-2-8-20-38-32-14-6-10-22-40-32/h16-19,29,32-33H,2-15,20-26H2,1H3/t29-,32?,33?/m0/s1. The van der Waals surface area contributed by atoms with Gasteiger partial charge in [-0.2, -0.15) is 0 Å². The van der Waals surface area contributed by atoms with Crippen LogP contribution in [0.15, 0.2) is 24.3 Å². The predicted molar refractivity (Wildman–Crippen MR) is 160 cm³/mol. The Morgan fingerprint density at radius 2 is 1.37 bits per heavy atom. The van der Waals surface area contributed by atoms with E-state index in [1.165, 1.54) is 0 Å². The Kier molecular flexibility index (Phi) is 18.3. The Balaban J connectivity index is 1.30. The number of rotatable bonds is 22. The average molecular weight is 609 g/mol. The Hall–Kier alpha value is -2.24. The van der Waals surface area contributed by atoms with E-state index in [-0.39, 0.29) is 44.2 Å². The second-order valence-electron chi connectivity index (χ2n) is 11.1. The van der Waals surface area contributed by atoms with Gasteiger partial charge in [0.2, 0.25) is 0 Å². The second kappa shape index (κ2) is 22.3. The fraction of sp³-hybridized carbons (Fsp3) is 0.758. The van der Waals surface area contributed by atoms with Crippen molar-refractivity contribution in [3.63, 3.8) is 0 Å². The van der Waals surface area contributed by atoms with Crippen molar-refractivity contribution in [2.75, 3.05) is 46.8 Å². The van der Waals surface area contributed by atoms with Crippen LogP contribution in [0.3, 0.4) is 0 Å². The lowest BCUT2D eigenvalue weighted by Crippen LogP contribution is -2.29. The SMILES string of the molecule is COc1ccc(COC[C@@H](COC(=O)CCCCCOC2CCCCO2)OC(=O)CCCCCOC2CCCCO2)cc1. The van der Waals surface area contributed by atoms with E-state index in [9.17, 15) is 9.59 Å². The molecule has 1 aromatic carbocycles. The van der Waals surface area contributed by atoms with Crippen LogP contribution in [0.1, 0.15) is 95.5 Å². The summed E-state index contributed by atoms with van der Waals surface area (Å²) in [5.41, 5.74) is 0.961. The molecule has 2 heterocycles. The van der Waals surface area contributed by atoms with Gasteiger partial charge < -0.3 is 37.9 Å². The summed E-state index contributed by atoms with van der Waals surface area (Å²) in [4.78, 5) is 24.9. The number of ether oxygens (including phenoxy) is 8. The van der Waals surface area contributed by atoms with E-state index in [0.717, 1.165) is 88.7 Å². The minimum absolute atomic E-state index is 0.0372. The van der Waals surface area contributed by atoms with Gasteiger partial charge in [-0.25, -0.2) is 0 Å². The number of benzene rings is 1. The van der Waals surface area contributed by atoms with Crippen LogP contribution < -0.4 is 4.74 Å². The van der Waals surface area contributed by atoms with Crippen LogP contribution >= 0.6 is 0 Å². The van der Waals surface area contributed by atoms with E-state index in [1.54, 1.807) is 7.11 Å². The molecular weight excluding hydrogens is 556 g/mol. The van der Waals surface area contributed by atoms with Gasteiger partial charge >= 0.3 is 11.9 Å². The lowest BCUT2D eigenvalue weighted by Gasteiger charge is -2.22. The van der Waals surface area contributed by atoms with Gasteiger partial charge in [0.1, 0.15) is 12.4 Å². The third-order valence-corrected chi connectivity index (χ3v) is 7.39. The van der Waals surface area contributed by atoms with Gasteiger partial charge in [-0.3, -0.25) is 9.59 Å². The normalized spacial score (nSPS) is 19.5. The molecule has 3 atom stereocenters. The van der Waals surface area contributed by atoms with Crippen molar-refractivity contribution in [3.05, 3.63) is 29.8 Å². The molecule has 0 radical (unpaired) electrons. The number of hydrogen-bond donors (Lipinski definition) is 0. The molecule has 2 unspecified atom stereocenters. The van der Waals surface area contributed by atoms with Crippen LogP contribution in [-0.2, 0) is 49.4 Å². The summed E-state index contributed by atoms with van der Waals surface area (Å²) in [7, 11) is 1.62. The molecule has 2 fully saturated rings. The minimum Gasteiger partial charge on any atom is -0.497 e. The van der Waals surface area contributed by atoms with Gasteiger partial charge in [-0.15, -0.1) is 0 Å². The highest BCUT2D eigenvalue weighted by molar-refractivity contribution is 5.70. The predicted octanol–water partition coefficient (Wildman–Crippen LogP) is 5.87. The van der Waals surface area contributed by atoms with E-state index in [1.807, 2.05) is 24.3 Å². The average Bonchev–Trinajstić information content (AvgIpc) is 3.04. The molecule has 2 aliphatic rings. The quantitative estimate of drug-likeness (QED) is 0.117. The second-order valence-corrected chi connectivity index (χ2v) is 11.1. The summed E-state index contributed by atoms with van der Waals surface area (Å²) in [6.07, 6.45) is 11.0. The molecule has 244 valence electrons. The Morgan fingerprint density at radius 3 is 1.93 bits per heavy atom. The van der Waals surface area contributed by atoms with Gasteiger partial charge in [0.25, 0.3) is 0 Å². The zero-order valence-corrected chi connectivity index (χ0v) is 26.0. The van der Waals surface area contributed by atoms with Crippen LogP contribution in [0.2, 0.25) is 0 Å². The third kappa shape index (κ3) is 16.4. The van der Waals surface area contributed by atoms with Crippen LogP contribution in [-0.4, -0.2) is 77.4 Å². The fourth-order valence-corrected chi connectivity index (χ4v) is 4.86. The number of unbranched alkanes of at least 4 members (excludes halogenated alkanes) is 4. The van der Waals surface area contributed by atoms with Gasteiger partial charge in [0.05, 0.1) is 20.3 Å². The maximum atomic E-state index is 12.6. The molecule has 10 nitrogen and oxygen atoms in total. The highest BCUT2D eigenvalue weighted by atomic mass is 16.7. The first-order valence-corrected chi connectivity index (χ1v) is 16.1. The molecule has 3 rings (SSSR count). The molecule has 0 aromatic heterocycles. The molecule has 2 saturated heterocycles. The first-order chi connectivity index (χ1) is 21.1. The van der Waals surface area contributed by atoms with E-state index < -0.39 is 6.10 Å². The highest BCUT2D eigenvalue weighted by Gasteiger charge is 2.18. The Bertz CT molecular complexity index is 865. The van der Waals surface area contributed by atoms with Crippen LogP contribution in [0.5, 0.6) is 5.75 Å². The summed E-state index contributed by atoms with van der Waals surface area (Å²) >= 11 is 0. The number of carbonyl (C=O) groups excluding carboxylic acids is 2. The molecule has 10 heteroatoms. The van der Waals surface area contributed by atoms with Crippen LogP contribution in [0, 0.1) is 0 Å². The molecule has 0 amide bonds. The number of carbonyl (C=O) groups is 2. The lowest BCUT2D eigenvalue weighted by molar-refractivity contribution is -0.164. The molecule has 0 saturated carbocycles. The van der Waals surface area contributed by atoms with Crippen LogP contribution in [0.4, 0.5) is 0 Å². The van der Waals surface area contributed by atoms with Crippen molar-refractivity contribution >= 4 is 11.9 Å². The summed E-state index contributed by atoms with van der Waals surface area (Å²) in [5.74, 6) is 0.129. The van der Waals surface area contributed by atoms with Gasteiger partial charge in [0, 0.05) is 39.3 Å². The monoisotopic (exact) mass is 608 g/mol. The van der Waals surface area contributed by atoms with E-state index in [2.05, 4.69) is 0 Å². The summed E-state index contributed by atoms with van der Waals surface area (Å²) in [6.45, 7) is 3.22. The summed E-state index contributed by atoms with van der Waals surface area (Å²) in [6, 6.07) is 7.55. The smallest absolute Gasteiger partial charge is 0.306 e. The van der Waals surface area contributed by atoms with Gasteiger partial charge in [0.15, 0.2) is 18.7 Å². The highest BCUT2D eigenvalue weighted by Crippen LogP contribution is 2.16. The largest absolute Gasteiger partial charge is 0.497 e. The Morgan fingerprint density at radius 1 is 0.767 bits per heavy atom. The van der Waals surface area contributed by atoms with E-state index in [0.29, 0.717) is 39.1 Å². The molecule has 0 spiro atoms. The van der Waals surface area contributed by atoms with E-state index >= 15 is 0 Å². The van der Waals surface area contributed by atoms with Crippen molar-refractivity contribution < 1.29 is 47.5 Å². The van der Waals surface area contributed by atoms with Gasteiger partial charge in [-0.05, 0) is 81.9 Å². The minimum atomic E-state index is -0.676. The third-order valence-electron chi connectivity index (χ3n) is 7.39. The summed E-state index contributed by atoms with van der Waals surface area (Å²) < 4.78 is 44.8. The fourth-order valence-electron chi connectivity index (χ4n) is 4.86. The first kappa shape index (κ1) is 35.2. The van der Waals surface area contributed by atoms with Crippen molar-refractivity contribution in [1.82, 2.24) is 0 Å². The molecule has 0 aliphatic carbocycles. The topological polar surface area (TPSA) is 108 Å². The molecular formula is C33H52O10. The van der Waals surface area contributed by atoms with Crippen molar-refractivity contribution in [2.24, 2.45) is 0 Å². The lowest BCUT2D eigenvalue weighted by atomic mass is 10.2. The zero-order valence-electron chi connectivity index (χ0n) is 26.0. The maximum absolute atomic E-state index is 12.6. The number of esters is 2. The molecule has 1 aromatic rings. The van der Waals surface area contributed by atoms with Crippen molar-refractivity contribution in [1.29, 1.82) is 0 Å². The Labute approximate surface area is 257 Å². The summed E-state index contributed by atoms with van der Waals surface area (Å²) in [5, 5.41) is 0. The van der Waals surface area contributed by atoms with E-state index in [4.69, 9.17) is 37.9 Å². The maximum Gasteiger partial charge on any atom is 0.306 e. The number of methoxy groups -OCH3 is 1. The van der Waals surface area contributed by atoms with Crippen molar-refractivity contribution in [2.45, 2.75) is 115 Å². The van der Waals surface area contributed by atoms with Gasteiger partial charge in [-0.1, -0.05) is 25.0 Å². The van der Waals surface area contributed by atoms with Crippen LogP contribution in [0.25, 0.3) is 0 Å². The molecule has 0 N–H and O–H groups in total. The molecule has 43 heavy (non-hydrogen) atoms. The molecule has 0 bridgehead atoms. The number of hydrogen-bond acceptors (Lipinski definition) is 10. The zero-order chi connectivity index (χ0) is 30.4. The van der Waals surface area contributed by atoms with Crippen molar-refractivity contribution in [3.8, 4) is 5.75 Å². The first-order valence-electron chi connectivity index (χ1n) is 16.1. The molecule has 2 aliphatic heterocycles.